The highest BCUT2D eigenvalue weighted by atomic mass is 16.5. The van der Waals surface area contributed by atoms with Crippen molar-refractivity contribution in [2.75, 3.05) is 7.05 Å². The smallest absolute Gasteiger partial charge is 0.331 e. The molecule has 1 spiro atoms. The van der Waals surface area contributed by atoms with Gasteiger partial charge in [-0.1, -0.05) is 56.6 Å². The third-order valence-electron chi connectivity index (χ3n) is 19.4. The Morgan fingerprint density at radius 3 is 2.57 bits per heavy atom. The fourth-order valence-corrected chi connectivity index (χ4v) is 17.0. The summed E-state index contributed by atoms with van der Waals surface area (Å²) in [5, 5.41) is 67.3. The van der Waals surface area contributed by atoms with Crippen LogP contribution in [-0.2, 0) is 27.4 Å². The van der Waals surface area contributed by atoms with Crippen molar-refractivity contribution < 1.29 is 39.9 Å². The fourth-order valence-electron chi connectivity index (χ4n) is 17.0. The Hall–Kier alpha value is -2.58. The molecule has 0 aromatic heterocycles. The van der Waals surface area contributed by atoms with Crippen molar-refractivity contribution in [3.05, 3.63) is 46.5 Å². The first-order chi connectivity index (χ1) is 27.9. The summed E-state index contributed by atoms with van der Waals surface area (Å²) >= 11 is 0. The lowest BCUT2D eigenvalue weighted by molar-refractivity contribution is -0.343. The third kappa shape index (κ3) is 5.11. The van der Waals surface area contributed by atoms with E-state index in [0.717, 1.165) is 35.0 Å². The number of rotatable bonds is 5. The molecule has 1 aromatic carbocycles. The van der Waals surface area contributed by atoms with Crippen LogP contribution < -0.4 is 5.32 Å². The highest BCUT2D eigenvalue weighted by molar-refractivity contribution is 5.86. The van der Waals surface area contributed by atoms with Crippen molar-refractivity contribution in [3.63, 3.8) is 0 Å². The van der Waals surface area contributed by atoms with E-state index in [0.29, 0.717) is 76.0 Å². The summed E-state index contributed by atoms with van der Waals surface area (Å²) in [5.74, 6) is 5.89. The molecule has 314 valence electrons. The zero-order chi connectivity index (χ0) is 40.4. The topological polar surface area (TPSA) is 157 Å². The van der Waals surface area contributed by atoms with E-state index < -0.39 is 57.6 Å². The van der Waals surface area contributed by atoms with Crippen molar-refractivity contribution in [3.8, 4) is 11.8 Å². The van der Waals surface area contributed by atoms with Gasteiger partial charge in [-0.2, -0.15) is 0 Å². The zero-order valence-electron chi connectivity index (χ0n) is 34.5. The molecule has 6 N–H and O–H groups in total. The Labute approximate surface area is 343 Å². The number of benzene rings is 1. The van der Waals surface area contributed by atoms with Gasteiger partial charge in [0.25, 0.3) is 0 Å². The molecule has 9 aliphatic carbocycles. The maximum absolute atomic E-state index is 14.1. The van der Waals surface area contributed by atoms with Crippen LogP contribution in [0.2, 0.25) is 0 Å². The highest BCUT2D eigenvalue weighted by Gasteiger charge is 2.82. The summed E-state index contributed by atoms with van der Waals surface area (Å²) in [6.07, 6.45) is 13.0. The summed E-state index contributed by atoms with van der Waals surface area (Å²) in [5.41, 5.74) is -3.35. The molecule has 1 aliphatic heterocycles. The number of hydrogen-bond donors (Lipinski definition) is 6. The molecular formula is C49H65NO8. The van der Waals surface area contributed by atoms with Crippen LogP contribution in [0.4, 0.5) is 0 Å². The number of aliphatic hydroxyl groups is 5. The normalized spacial score (nSPS) is 48.5. The molecule has 4 bridgehead atoms. The van der Waals surface area contributed by atoms with Gasteiger partial charge in [0.1, 0.15) is 18.0 Å². The lowest BCUT2D eigenvalue weighted by atomic mass is 9.36. The number of hydrogen-bond acceptors (Lipinski definition) is 9. The number of aliphatic hydroxyl groups excluding tert-OH is 2. The van der Waals surface area contributed by atoms with Crippen LogP contribution in [0.25, 0.3) is 0 Å². The largest absolute Gasteiger partial charge is 0.454 e. The molecule has 7 saturated carbocycles. The molecule has 1 heterocycles. The number of likely N-dealkylation sites (N-methyl/N-ethyl adjacent to an activating group) is 1. The molecule has 11 rings (SSSR count). The minimum Gasteiger partial charge on any atom is -0.454 e. The number of ether oxygens (including phenoxy) is 1. The Kier molecular flexibility index (Phi) is 9.53. The van der Waals surface area contributed by atoms with Crippen LogP contribution in [0.15, 0.2) is 29.8 Å². The first-order valence-corrected chi connectivity index (χ1v) is 23.0. The number of fused-ring (bicyclic) bond motifs is 6. The van der Waals surface area contributed by atoms with Gasteiger partial charge in [0.2, 0.25) is 0 Å². The molecule has 0 amide bonds. The van der Waals surface area contributed by atoms with Gasteiger partial charge in [-0.15, -0.1) is 0 Å². The fraction of sp³-hybridized carbons (Fsp3) is 0.755. The standard InChI is InChI=1S/C49H65NO8/c1-28(29-8-3-4-9-29)31-13-14-38-40(53)15-18-46(27-52)41-16-19-45-17-6-5-10-30-11-7-12-32(26-51)35(30)22-39(50-2)36-21-33(43(45)37-23-42(54)58-44(36)37)24-48(45,56)47(41,55)25-34(20-31)49(38,46)57/h7,11-12,23,27-29,31,33-34,36,38-41,43-44,50-51,53,55-57H,3-4,6,8-9,13-22,24-26H2,1-2H3/t28-,31+,33-,34+,36+,38-,39+,40-,41+,43+,44-,45+,46-,47-,48+,49-/m0/s1. The van der Waals surface area contributed by atoms with E-state index in [4.69, 9.17) is 4.74 Å². The van der Waals surface area contributed by atoms with E-state index in [2.05, 4.69) is 24.1 Å². The summed E-state index contributed by atoms with van der Waals surface area (Å²) in [6.45, 7) is 2.27. The van der Waals surface area contributed by atoms with E-state index in [9.17, 15) is 35.1 Å². The zero-order valence-corrected chi connectivity index (χ0v) is 34.5. The number of carbonyl (C=O) groups is 2. The molecule has 0 saturated heterocycles. The van der Waals surface area contributed by atoms with E-state index in [1.165, 1.54) is 25.7 Å². The quantitative estimate of drug-likeness (QED) is 0.135. The monoisotopic (exact) mass is 795 g/mol. The molecule has 9 heteroatoms. The lowest BCUT2D eigenvalue weighted by Gasteiger charge is -2.72. The minimum atomic E-state index is -1.69. The first kappa shape index (κ1) is 39.5. The molecule has 16 atom stereocenters. The van der Waals surface area contributed by atoms with E-state index in [1.54, 1.807) is 6.08 Å². The Balaban J connectivity index is 1.12. The van der Waals surface area contributed by atoms with Gasteiger partial charge in [-0.3, -0.25) is 0 Å². The van der Waals surface area contributed by atoms with Gasteiger partial charge in [0.05, 0.1) is 29.3 Å². The summed E-state index contributed by atoms with van der Waals surface area (Å²) in [4.78, 5) is 27.5. The molecule has 58 heavy (non-hydrogen) atoms. The third-order valence-corrected chi connectivity index (χ3v) is 19.4. The van der Waals surface area contributed by atoms with Crippen molar-refractivity contribution in [2.24, 2.45) is 64.1 Å². The van der Waals surface area contributed by atoms with E-state index in [1.807, 2.05) is 25.2 Å². The molecule has 9 nitrogen and oxygen atoms in total. The summed E-state index contributed by atoms with van der Waals surface area (Å²) < 4.78 is 6.25. The maximum atomic E-state index is 14.1. The maximum Gasteiger partial charge on any atom is 0.331 e. The molecular weight excluding hydrogens is 731 g/mol. The van der Waals surface area contributed by atoms with Gasteiger partial charge in [0, 0.05) is 47.3 Å². The number of esters is 1. The molecule has 1 aromatic rings. The number of aldehydes is 1. The van der Waals surface area contributed by atoms with Crippen LogP contribution in [0.5, 0.6) is 0 Å². The average Bonchev–Trinajstić information content (AvgIpc) is 3.92. The molecule has 0 unspecified atom stereocenters. The second-order valence-corrected chi connectivity index (χ2v) is 21.0. The second-order valence-electron chi connectivity index (χ2n) is 21.0. The number of carbonyl (C=O) groups excluding carboxylic acids is 2. The van der Waals surface area contributed by atoms with Crippen LogP contribution in [0.1, 0.15) is 126 Å². The van der Waals surface area contributed by atoms with Crippen molar-refractivity contribution in [2.45, 2.75) is 158 Å². The predicted molar refractivity (Wildman–Crippen MR) is 216 cm³/mol. The molecule has 7 fully saturated rings. The molecule has 10 aliphatic rings. The lowest BCUT2D eigenvalue weighted by Crippen LogP contribution is -2.80. The van der Waals surface area contributed by atoms with E-state index >= 15 is 0 Å². The Morgan fingerprint density at radius 2 is 1.81 bits per heavy atom. The van der Waals surface area contributed by atoms with Gasteiger partial charge >= 0.3 is 5.97 Å². The highest BCUT2D eigenvalue weighted by Crippen LogP contribution is 2.77. The van der Waals surface area contributed by atoms with Crippen molar-refractivity contribution in [1.82, 2.24) is 5.32 Å². The van der Waals surface area contributed by atoms with Crippen molar-refractivity contribution in [1.29, 1.82) is 0 Å². The first-order valence-electron chi connectivity index (χ1n) is 23.0. The summed E-state index contributed by atoms with van der Waals surface area (Å²) in [6, 6.07) is 5.76. The van der Waals surface area contributed by atoms with Crippen molar-refractivity contribution >= 4 is 12.3 Å². The Bertz CT molecular complexity index is 1930. The Morgan fingerprint density at radius 1 is 1.00 bits per heavy atom. The summed E-state index contributed by atoms with van der Waals surface area (Å²) in [7, 11) is 1.93. The van der Waals surface area contributed by atoms with Gasteiger partial charge in [0.15, 0.2) is 0 Å². The van der Waals surface area contributed by atoms with Gasteiger partial charge in [-0.25, -0.2) is 4.79 Å². The SMILES string of the molecule is CN[C@@H]1Cc2c(cccc2CO)C#CCC[C@]23CC[C@H]4[C@@](O)(C[C@H]5C[C@H]([C@@H](C)C6CCCC6)CC[C@H]6[C@@H](O)CC[C@@]4(C=O)[C@]56O)[C@@]2(O)C[C@@H]2C[C@H]1[C@@H]1OC(=O)C=C1[C@@H]23. The van der Waals surface area contributed by atoms with Gasteiger partial charge in [-0.05, 0) is 142 Å². The van der Waals surface area contributed by atoms with Crippen LogP contribution >= 0.6 is 0 Å². The van der Waals surface area contributed by atoms with Gasteiger partial charge < -0.3 is 40.4 Å². The minimum absolute atomic E-state index is 0.0647. The molecule has 0 radical (unpaired) electrons. The average molecular weight is 796 g/mol. The van der Waals surface area contributed by atoms with Crippen LogP contribution in [0.3, 0.4) is 0 Å². The second kappa shape index (κ2) is 14.0. The van der Waals surface area contributed by atoms with E-state index in [-0.39, 0.29) is 55.1 Å². The van der Waals surface area contributed by atoms with Crippen LogP contribution in [-0.4, -0.2) is 79.9 Å². The predicted octanol–water partition coefficient (Wildman–Crippen LogP) is 5.15. The number of nitrogens with one attached hydrogen (secondary N) is 1. The van der Waals surface area contributed by atoms with Crippen LogP contribution in [0, 0.1) is 75.9 Å².